The average Bonchev–Trinajstić information content (AvgIpc) is 2.72. The van der Waals surface area contributed by atoms with Crippen LogP contribution < -0.4 is 0 Å². The van der Waals surface area contributed by atoms with Crippen molar-refractivity contribution in [2.45, 2.75) is 13.8 Å². The molecule has 22 heavy (non-hydrogen) atoms. The molecule has 2 rings (SSSR count). The van der Waals surface area contributed by atoms with E-state index in [9.17, 15) is 19.2 Å². The predicted octanol–water partition coefficient (Wildman–Crippen LogP) is 1.04. The molecular weight excluding hydrogens is 288 g/mol. The Morgan fingerprint density at radius 2 is 1.77 bits per heavy atom. The number of Topliss-reactive ketones (excluding diaryl/α,β-unsaturated/α-hetero) is 1. The smallest absolute Gasteiger partial charge is 0.322 e. The molecule has 0 bridgehead atoms. The summed E-state index contributed by atoms with van der Waals surface area (Å²) in [5.74, 6) is -3.69. The summed E-state index contributed by atoms with van der Waals surface area (Å²) in [4.78, 5) is 47.3. The highest BCUT2D eigenvalue weighted by molar-refractivity contribution is 6.21. The predicted molar refractivity (Wildman–Crippen MR) is 76.2 cm³/mol. The van der Waals surface area contributed by atoms with Gasteiger partial charge in [-0.1, -0.05) is 12.1 Å². The van der Waals surface area contributed by atoms with E-state index in [1.165, 1.54) is 19.1 Å². The third-order valence-electron chi connectivity index (χ3n) is 3.08. The van der Waals surface area contributed by atoms with Crippen LogP contribution in [-0.2, 0) is 14.3 Å². The average molecular weight is 302 g/mol. The number of imide groups is 1. The zero-order chi connectivity index (χ0) is 16.3. The highest BCUT2D eigenvalue weighted by Crippen LogP contribution is 2.22. The third-order valence-corrected chi connectivity index (χ3v) is 3.08. The number of ketones is 1. The summed E-state index contributed by atoms with van der Waals surface area (Å²) < 4.78 is 4.76. The highest BCUT2D eigenvalue weighted by atomic mass is 16.5. The third kappa shape index (κ3) is 2.78. The van der Waals surface area contributed by atoms with Crippen molar-refractivity contribution in [2.24, 2.45) is 11.0 Å². The first-order valence-corrected chi connectivity index (χ1v) is 6.66. The molecular formula is C15H14N2O5. The fourth-order valence-corrected chi connectivity index (χ4v) is 1.98. The lowest BCUT2D eigenvalue weighted by Crippen LogP contribution is -2.29. The van der Waals surface area contributed by atoms with E-state index >= 15 is 0 Å². The zero-order valence-corrected chi connectivity index (χ0v) is 12.1. The van der Waals surface area contributed by atoms with Gasteiger partial charge in [-0.25, -0.2) is 0 Å². The van der Waals surface area contributed by atoms with Crippen molar-refractivity contribution in [3.63, 3.8) is 0 Å². The molecule has 0 saturated carbocycles. The lowest BCUT2D eigenvalue weighted by atomic mass is 10.1. The van der Waals surface area contributed by atoms with Gasteiger partial charge in [0.15, 0.2) is 5.92 Å². The van der Waals surface area contributed by atoms with E-state index in [1.807, 2.05) is 0 Å². The number of benzene rings is 1. The van der Waals surface area contributed by atoms with Gasteiger partial charge < -0.3 is 4.74 Å². The van der Waals surface area contributed by atoms with Crippen molar-refractivity contribution in [3.05, 3.63) is 35.4 Å². The number of carbonyl (C=O) groups excluding carboxylic acids is 4. The summed E-state index contributed by atoms with van der Waals surface area (Å²) >= 11 is 0. The number of hydrogen-bond acceptors (Lipinski definition) is 6. The summed E-state index contributed by atoms with van der Waals surface area (Å²) in [7, 11) is 0. The number of fused-ring (bicyclic) bond motifs is 1. The molecule has 1 atom stereocenters. The van der Waals surface area contributed by atoms with Crippen molar-refractivity contribution in [1.29, 1.82) is 0 Å². The minimum atomic E-state index is -1.25. The second-order valence-corrected chi connectivity index (χ2v) is 4.57. The number of amides is 2. The van der Waals surface area contributed by atoms with E-state index in [2.05, 4.69) is 5.10 Å². The maximum atomic E-state index is 12.1. The number of carbonyl (C=O) groups is 4. The van der Waals surface area contributed by atoms with Crippen molar-refractivity contribution >= 4 is 29.8 Å². The minimum Gasteiger partial charge on any atom is -0.465 e. The first kappa shape index (κ1) is 15.6. The molecule has 1 unspecified atom stereocenters. The van der Waals surface area contributed by atoms with Crippen LogP contribution in [0.1, 0.15) is 34.6 Å². The summed E-state index contributed by atoms with van der Waals surface area (Å²) in [6.07, 6.45) is 0.960. The van der Waals surface area contributed by atoms with Gasteiger partial charge in [-0.2, -0.15) is 10.1 Å². The molecule has 2 amide bonds. The molecule has 0 spiro atoms. The number of rotatable bonds is 5. The molecule has 0 N–H and O–H groups in total. The van der Waals surface area contributed by atoms with E-state index < -0.39 is 29.5 Å². The number of nitrogens with zero attached hydrogens (tertiary/aromatic N) is 2. The Morgan fingerprint density at radius 3 is 2.23 bits per heavy atom. The molecule has 0 fully saturated rings. The lowest BCUT2D eigenvalue weighted by molar-refractivity contribution is -0.148. The van der Waals surface area contributed by atoms with E-state index in [4.69, 9.17) is 4.74 Å². The first-order chi connectivity index (χ1) is 10.5. The molecule has 7 nitrogen and oxygen atoms in total. The Balaban J connectivity index is 2.23. The van der Waals surface area contributed by atoms with E-state index in [1.54, 1.807) is 19.1 Å². The second kappa shape index (κ2) is 6.30. The first-order valence-electron chi connectivity index (χ1n) is 6.66. The van der Waals surface area contributed by atoms with Gasteiger partial charge in [-0.3, -0.25) is 19.2 Å². The Hall–Kier alpha value is -2.83. The van der Waals surface area contributed by atoms with Crippen LogP contribution in [0.3, 0.4) is 0 Å². The summed E-state index contributed by atoms with van der Waals surface area (Å²) in [5, 5.41) is 4.35. The quantitative estimate of drug-likeness (QED) is 0.350. The van der Waals surface area contributed by atoms with Gasteiger partial charge in [0, 0.05) is 6.21 Å². The van der Waals surface area contributed by atoms with Gasteiger partial charge in [0.2, 0.25) is 0 Å². The fraction of sp³-hybridized carbons (Fsp3) is 0.267. The fourth-order valence-electron chi connectivity index (χ4n) is 1.98. The van der Waals surface area contributed by atoms with Crippen LogP contribution in [0.5, 0.6) is 0 Å². The molecule has 0 aromatic heterocycles. The van der Waals surface area contributed by atoms with Crippen LogP contribution in [0.4, 0.5) is 0 Å². The van der Waals surface area contributed by atoms with E-state index in [-0.39, 0.29) is 17.7 Å². The van der Waals surface area contributed by atoms with Crippen molar-refractivity contribution in [1.82, 2.24) is 5.01 Å². The topological polar surface area (TPSA) is 93.1 Å². The molecule has 1 aromatic rings. The van der Waals surface area contributed by atoms with Crippen LogP contribution in [0.25, 0.3) is 0 Å². The van der Waals surface area contributed by atoms with Crippen LogP contribution in [-0.4, -0.2) is 41.4 Å². The van der Waals surface area contributed by atoms with Gasteiger partial charge in [0.25, 0.3) is 11.8 Å². The number of hydrazone groups is 1. The monoisotopic (exact) mass is 302 g/mol. The normalized spacial score (nSPS) is 15.1. The SMILES string of the molecule is CCOC(=O)C(C=NN1C(=O)c2ccccc2C1=O)C(C)=O. The van der Waals surface area contributed by atoms with Gasteiger partial charge in [0.1, 0.15) is 5.78 Å². The molecule has 1 aromatic carbocycles. The van der Waals surface area contributed by atoms with Crippen molar-refractivity contribution in [3.8, 4) is 0 Å². The summed E-state index contributed by atoms with van der Waals surface area (Å²) in [5.41, 5.74) is 0.473. The standard InChI is InChI=1S/C15H14N2O5/c1-3-22-15(21)12(9(2)18)8-16-17-13(19)10-6-4-5-7-11(10)14(17)20/h4-8,12H,3H2,1-2H3. The molecule has 1 aliphatic heterocycles. The molecule has 0 aliphatic carbocycles. The van der Waals surface area contributed by atoms with E-state index in [0.717, 1.165) is 6.21 Å². The maximum Gasteiger partial charge on any atom is 0.322 e. The second-order valence-electron chi connectivity index (χ2n) is 4.57. The lowest BCUT2D eigenvalue weighted by Gasteiger charge is -2.10. The van der Waals surface area contributed by atoms with Gasteiger partial charge in [-0.15, -0.1) is 0 Å². The Labute approximate surface area is 126 Å². The molecule has 1 aliphatic rings. The molecule has 1 heterocycles. The van der Waals surface area contributed by atoms with Crippen molar-refractivity contribution in [2.75, 3.05) is 6.61 Å². The Kier molecular flexibility index (Phi) is 4.45. The number of ether oxygens (including phenoxy) is 1. The van der Waals surface area contributed by atoms with Crippen LogP contribution >= 0.6 is 0 Å². The molecule has 0 radical (unpaired) electrons. The van der Waals surface area contributed by atoms with Crippen LogP contribution in [0, 0.1) is 5.92 Å². The summed E-state index contributed by atoms with van der Waals surface area (Å²) in [6, 6.07) is 6.29. The van der Waals surface area contributed by atoms with Gasteiger partial charge in [-0.05, 0) is 26.0 Å². The molecule has 0 saturated heterocycles. The largest absolute Gasteiger partial charge is 0.465 e. The Morgan fingerprint density at radius 1 is 1.23 bits per heavy atom. The van der Waals surface area contributed by atoms with E-state index in [0.29, 0.717) is 5.01 Å². The number of esters is 1. The summed E-state index contributed by atoms with van der Waals surface area (Å²) in [6.45, 7) is 2.93. The zero-order valence-electron chi connectivity index (χ0n) is 12.1. The van der Waals surface area contributed by atoms with Crippen molar-refractivity contribution < 1.29 is 23.9 Å². The maximum absolute atomic E-state index is 12.1. The van der Waals surface area contributed by atoms with Crippen LogP contribution in [0.15, 0.2) is 29.4 Å². The molecule has 114 valence electrons. The number of hydrogen-bond donors (Lipinski definition) is 0. The minimum absolute atomic E-state index is 0.115. The van der Waals surface area contributed by atoms with Gasteiger partial charge >= 0.3 is 5.97 Å². The van der Waals surface area contributed by atoms with Crippen LogP contribution in [0.2, 0.25) is 0 Å². The molecule has 7 heteroatoms. The van der Waals surface area contributed by atoms with Gasteiger partial charge in [0.05, 0.1) is 17.7 Å². The Bertz CT molecular complexity index is 645. The highest BCUT2D eigenvalue weighted by Gasteiger charge is 2.35.